The van der Waals surface area contributed by atoms with Gasteiger partial charge in [-0.2, -0.15) is 0 Å². The fraction of sp³-hybridized carbons (Fsp3) is 0.200. The summed E-state index contributed by atoms with van der Waals surface area (Å²) in [5.41, 5.74) is 2.56. The van der Waals surface area contributed by atoms with Gasteiger partial charge in [-0.25, -0.2) is 0 Å². The van der Waals surface area contributed by atoms with Gasteiger partial charge in [-0.15, -0.1) is 13.2 Å². The highest BCUT2D eigenvalue weighted by atomic mass is 79.9. The van der Waals surface area contributed by atoms with Crippen LogP contribution in [0.1, 0.15) is 23.6 Å². The van der Waals surface area contributed by atoms with Gasteiger partial charge >= 0.3 is 0 Å². The van der Waals surface area contributed by atoms with Crippen molar-refractivity contribution in [2.45, 2.75) is 12.5 Å². The fourth-order valence-electron chi connectivity index (χ4n) is 2.28. The molecule has 18 heavy (non-hydrogen) atoms. The van der Waals surface area contributed by atoms with Crippen LogP contribution in [0.5, 0.6) is 0 Å². The number of benzene rings is 1. The molecule has 94 valence electrons. The van der Waals surface area contributed by atoms with Crippen molar-refractivity contribution in [1.29, 1.82) is 0 Å². The van der Waals surface area contributed by atoms with E-state index in [4.69, 9.17) is 0 Å². The summed E-state index contributed by atoms with van der Waals surface area (Å²) in [4.78, 5) is 2.29. The molecule has 1 atom stereocenters. The molecule has 0 N–H and O–H groups in total. The summed E-state index contributed by atoms with van der Waals surface area (Å²) in [7, 11) is 0. The lowest BCUT2D eigenvalue weighted by atomic mass is 9.94. The Hall–Kier alpha value is -0.800. The Kier molecular flexibility index (Phi) is 4.46. The van der Waals surface area contributed by atoms with E-state index in [1.54, 1.807) is 0 Å². The molecule has 0 spiro atoms. The smallest absolute Gasteiger partial charge is 0.0592 e. The zero-order chi connectivity index (χ0) is 13.1. The molecule has 3 heteroatoms. The Morgan fingerprint density at radius 1 is 1.17 bits per heavy atom. The van der Waals surface area contributed by atoms with E-state index in [0.717, 1.165) is 21.9 Å². The molecular formula is C15H15Br2N. The van der Waals surface area contributed by atoms with Crippen molar-refractivity contribution in [1.82, 2.24) is 4.90 Å². The minimum Gasteiger partial charge on any atom is -0.366 e. The lowest BCUT2D eigenvalue weighted by Gasteiger charge is -2.34. The molecule has 1 unspecified atom stereocenters. The molecule has 1 heterocycles. The van der Waals surface area contributed by atoms with E-state index in [9.17, 15) is 0 Å². The van der Waals surface area contributed by atoms with Crippen LogP contribution in [0, 0.1) is 0 Å². The molecule has 0 saturated carbocycles. The van der Waals surface area contributed by atoms with Gasteiger partial charge in [0.05, 0.1) is 6.04 Å². The molecule has 2 rings (SSSR count). The van der Waals surface area contributed by atoms with Crippen molar-refractivity contribution in [2.24, 2.45) is 0 Å². The molecule has 1 aliphatic heterocycles. The van der Waals surface area contributed by atoms with Crippen molar-refractivity contribution in [3.63, 3.8) is 0 Å². The lowest BCUT2D eigenvalue weighted by molar-refractivity contribution is 0.305. The molecule has 1 aliphatic rings. The van der Waals surface area contributed by atoms with Gasteiger partial charge in [0, 0.05) is 21.7 Å². The van der Waals surface area contributed by atoms with Gasteiger partial charge in [0.25, 0.3) is 0 Å². The largest absolute Gasteiger partial charge is 0.366 e. The molecule has 1 aromatic carbocycles. The van der Waals surface area contributed by atoms with Gasteiger partial charge in [-0.3, -0.25) is 0 Å². The summed E-state index contributed by atoms with van der Waals surface area (Å²) in [6.45, 7) is 8.53. The third kappa shape index (κ3) is 2.47. The first-order chi connectivity index (χ1) is 8.69. The van der Waals surface area contributed by atoms with Crippen molar-refractivity contribution < 1.29 is 0 Å². The average Bonchev–Trinajstić information content (AvgIpc) is 2.36. The Balaban J connectivity index is 2.53. The van der Waals surface area contributed by atoms with Crippen molar-refractivity contribution in [3.8, 4) is 0 Å². The van der Waals surface area contributed by atoms with E-state index < -0.39 is 0 Å². The van der Waals surface area contributed by atoms with Crippen LogP contribution in [0.2, 0.25) is 0 Å². The minimum absolute atomic E-state index is 0.312. The summed E-state index contributed by atoms with van der Waals surface area (Å²) in [6, 6.07) is 4.47. The minimum atomic E-state index is 0.312. The molecule has 0 radical (unpaired) electrons. The maximum Gasteiger partial charge on any atom is 0.0592 e. The monoisotopic (exact) mass is 367 g/mol. The van der Waals surface area contributed by atoms with Gasteiger partial charge in [-0.1, -0.05) is 44.0 Å². The zero-order valence-electron chi connectivity index (χ0n) is 10.1. The average molecular weight is 369 g/mol. The molecule has 0 saturated heterocycles. The second-order valence-corrected chi connectivity index (χ2v) is 5.91. The standard InChI is InChI=1S/C15H15Br2N/c1-3-5-14-15-11(8-10-18(14)9-4-2)12(16)6-7-13(15)17/h3-4,6-8,10,14H,1-2,5,9H2. The molecule has 0 aromatic heterocycles. The Labute approximate surface area is 125 Å². The summed E-state index contributed by atoms with van der Waals surface area (Å²) >= 11 is 7.28. The van der Waals surface area contributed by atoms with E-state index in [1.165, 1.54) is 11.1 Å². The van der Waals surface area contributed by atoms with Crippen LogP contribution in [-0.2, 0) is 0 Å². The quantitative estimate of drug-likeness (QED) is 0.651. The number of halogens is 2. The molecule has 1 nitrogen and oxygen atoms in total. The predicted molar refractivity (Wildman–Crippen MR) is 85.3 cm³/mol. The molecular weight excluding hydrogens is 354 g/mol. The van der Waals surface area contributed by atoms with Crippen LogP contribution >= 0.6 is 31.9 Å². The number of fused-ring (bicyclic) bond motifs is 1. The SMILES string of the molecule is C=CCC1c2c(Br)ccc(Br)c2C=CN1CC=C. The van der Waals surface area contributed by atoms with Crippen molar-refractivity contribution >= 4 is 37.9 Å². The summed E-state index contributed by atoms with van der Waals surface area (Å²) in [5, 5.41) is 0. The van der Waals surface area contributed by atoms with Crippen molar-refractivity contribution in [2.75, 3.05) is 6.54 Å². The Morgan fingerprint density at radius 3 is 2.56 bits per heavy atom. The highest BCUT2D eigenvalue weighted by molar-refractivity contribution is 9.11. The molecule has 0 amide bonds. The highest BCUT2D eigenvalue weighted by Crippen LogP contribution is 2.40. The number of hydrogen-bond donors (Lipinski definition) is 0. The Bertz CT molecular complexity index is 505. The zero-order valence-corrected chi connectivity index (χ0v) is 13.2. The maximum absolute atomic E-state index is 3.87. The molecule has 0 bridgehead atoms. The topological polar surface area (TPSA) is 3.24 Å². The van der Waals surface area contributed by atoms with Gasteiger partial charge in [0.1, 0.15) is 0 Å². The summed E-state index contributed by atoms with van der Waals surface area (Å²) in [5.74, 6) is 0. The van der Waals surface area contributed by atoms with Crippen LogP contribution in [0.15, 0.2) is 52.6 Å². The second-order valence-electron chi connectivity index (χ2n) is 4.20. The first-order valence-corrected chi connectivity index (χ1v) is 7.41. The van der Waals surface area contributed by atoms with Crippen LogP contribution < -0.4 is 0 Å². The summed E-state index contributed by atoms with van der Waals surface area (Å²) < 4.78 is 2.27. The van der Waals surface area contributed by atoms with E-state index in [-0.39, 0.29) is 0 Å². The maximum atomic E-state index is 3.87. The van der Waals surface area contributed by atoms with E-state index in [0.29, 0.717) is 6.04 Å². The fourth-order valence-corrected chi connectivity index (χ4v) is 3.37. The second kappa shape index (κ2) is 5.89. The normalized spacial score (nSPS) is 17.4. The van der Waals surface area contributed by atoms with E-state index in [2.05, 4.69) is 74.3 Å². The van der Waals surface area contributed by atoms with Gasteiger partial charge < -0.3 is 4.90 Å². The third-order valence-corrected chi connectivity index (χ3v) is 4.46. The number of hydrogen-bond acceptors (Lipinski definition) is 1. The molecule has 1 aromatic rings. The van der Waals surface area contributed by atoms with Crippen LogP contribution in [0.25, 0.3) is 6.08 Å². The highest BCUT2D eigenvalue weighted by Gasteiger charge is 2.25. The first kappa shape index (κ1) is 13.6. The van der Waals surface area contributed by atoms with Gasteiger partial charge in [-0.05, 0) is 35.8 Å². The number of rotatable bonds is 4. The van der Waals surface area contributed by atoms with Crippen LogP contribution in [0.4, 0.5) is 0 Å². The predicted octanol–water partition coefficient (Wildman–Crippen LogP) is 5.30. The third-order valence-electron chi connectivity index (χ3n) is 3.08. The first-order valence-electron chi connectivity index (χ1n) is 5.82. The number of nitrogens with zero attached hydrogens (tertiary/aromatic N) is 1. The molecule has 0 fully saturated rings. The Morgan fingerprint density at radius 2 is 1.89 bits per heavy atom. The van der Waals surface area contributed by atoms with Gasteiger partial charge in [0.2, 0.25) is 0 Å². The van der Waals surface area contributed by atoms with Crippen LogP contribution in [0.3, 0.4) is 0 Å². The van der Waals surface area contributed by atoms with Crippen molar-refractivity contribution in [3.05, 3.63) is 63.7 Å². The molecule has 0 aliphatic carbocycles. The van der Waals surface area contributed by atoms with E-state index >= 15 is 0 Å². The summed E-state index contributed by atoms with van der Waals surface area (Å²) in [6.07, 6.45) is 9.09. The van der Waals surface area contributed by atoms with Crippen LogP contribution in [-0.4, -0.2) is 11.4 Å². The van der Waals surface area contributed by atoms with E-state index in [1.807, 2.05) is 12.2 Å². The van der Waals surface area contributed by atoms with Gasteiger partial charge in [0.15, 0.2) is 0 Å². The lowest BCUT2D eigenvalue weighted by Crippen LogP contribution is -2.27.